The second kappa shape index (κ2) is 9.36. The third kappa shape index (κ3) is 4.71. The fourth-order valence-electron chi connectivity index (χ4n) is 4.16. The minimum Gasteiger partial charge on any atom is -0.449 e. The molecule has 0 fully saturated rings. The van der Waals surface area contributed by atoms with Crippen molar-refractivity contribution in [1.82, 2.24) is 5.32 Å². The quantitative estimate of drug-likeness (QED) is 0.402. The van der Waals surface area contributed by atoms with E-state index in [1.165, 1.54) is 0 Å². The second-order valence-electron chi connectivity index (χ2n) is 8.06. The largest absolute Gasteiger partial charge is 0.449 e. The molecule has 1 amide bonds. The lowest BCUT2D eigenvalue weighted by atomic mass is 9.98. The van der Waals surface area contributed by atoms with Crippen molar-refractivity contribution in [2.45, 2.75) is 24.3 Å². The maximum Gasteiger partial charge on any atom is 0.416 e. The van der Waals surface area contributed by atoms with E-state index < -0.39 is 36.6 Å². The number of aliphatic hydroxyl groups is 2. The van der Waals surface area contributed by atoms with Gasteiger partial charge in [0.15, 0.2) is 0 Å². The van der Waals surface area contributed by atoms with Crippen LogP contribution in [0.15, 0.2) is 66.7 Å². The van der Waals surface area contributed by atoms with E-state index in [-0.39, 0.29) is 23.8 Å². The lowest BCUT2D eigenvalue weighted by Gasteiger charge is -2.21. The molecule has 0 radical (unpaired) electrons. The molecule has 2 atom stereocenters. The Hall–Kier alpha value is -3.56. The molecule has 0 spiro atoms. The van der Waals surface area contributed by atoms with Gasteiger partial charge in [0.2, 0.25) is 0 Å². The highest BCUT2D eigenvalue weighted by Gasteiger charge is 2.33. The van der Waals surface area contributed by atoms with E-state index in [4.69, 9.17) is 10.5 Å². The number of carbonyl (C=O) groups is 1. The summed E-state index contributed by atoms with van der Waals surface area (Å²) in [5.41, 5.74) is 8.49. The zero-order valence-corrected chi connectivity index (χ0v) is 17.9. The van der Waals surface area contributed by atoms with Gasteiger partial charge in [-0.05, 0) is 40.5 Å². The lowest BCUT2D eigenvalue weighted by molar-refractivity contribution is -0.137. The van der Waals surface area contributed by atoms with Crippen LogP contribution >= 0.6 is 0 Å². The number of alkyl carbamates (subject to hydrolysis) is 1. The number of carbonyl (C=O) groups excluding carboxylic acids is 1. The predicted molar refractivity (Wildman–Crippen MR) is 120 cm³/mol. The molecule has 3 aromatic carbocycles. The molecule has 0 saturated carbocycles. The van der Waals surface area contributed by atoms with Crippen LogP contribution in [0.3, 0.4) is 0 Å². The Morgan fingerprint density at radius 3 is 2.18 bits per heavy atom. The van der Waals surface area contributed by atoms with Gasteiger partial charge in [-0.25, -0.2) is 4.79 Å². The fraction of sp³-hybridized carbons (Fsp3) is 0.240. The number of rotatable bonds is 6. The average Bonchev–Trinajstić information content (AvgIpc) is 3.14. The van der Waals surface area contributed by atoms with Crippen molar-refractivity contribution in [2.24, 2.45) is 0 Å². The van der Waals surface area contributed by atoms with Crippen LogP contribution in [0.2, 0.25) is 0 Å². The monoisotopic (exact) mass is 472 g/mol. The Morgan fingerprint density at radius 2 is 1.59 bits per heavy atom. The smallest absolute Gasteiger partial charge is 0.416 e. The maximum atomic E-state index is 13.0. The Balaban J connectivity index is 1.36. The SMILES string of the molecule is Nc1ccc(C(F)(F)F)cc1C(O)C(O)CNC(=O)OCC1c2ccccc2-c2ccccc21. The standard InChI is InChI=1S/C25H23F3N2O4/c26-25(27,28)14-9-10-21(29)19(11-14)23(32)22(31)12-30-24(33)34-13-20-17-7-3-1-5-15(17)16-6-2-4-8-18(16)20/h1-11,20,22-23,31-32H,12-13,29H2,(H,30,33). The van der Waals surface area contributed by atoms with E-state index in [1.807, 2.05) is 48.5 Å². The number of fused-ring (bicyclic) bond motifs is 3. The molecule has 0 saturated heterocycles. The van der Waals surface area contributed by atoms with Crippen molar-refractivity contribution < 1.29 is 32.9 Å². The topological polar surface area (TPSA) is 105 Å². The Kier molecular flexibility index (Phi) is 6.49. The number of benzene rings is 3. The van der Waals surface area contributed by atoms with Gasteiger partial charge in [-0.1, -0.05) is 48.5 Å². The molecule has 0 aliphatic heterocycles. The summed E-state index contributed by atoms with van der Waals surface area (Å²) in [7, 11) is 0. The number of hydrogen-bond donors (Lipinski definition) is 4. The molecular weight excluding hydrogens is 449 g/mol. The molecule has 4 rings (SSSR count). The first-order chi connectivity index (χ1) is 16.2. The number of alkyl halides is 3. The van der Waals surface area contributed by atoms with Gasteiger partial charge >= 0.3 is 12.3 Å². The van der Waals surface area contributed by atoms with E-state index in [0.29, 0.717) is 6.07 Å². The predicted octanol–water partition coefficient (Wildman–Crippen LogP) is 4.22. The van der Waals surface area contributed by atoms with Gasteiger partial charge in [0.1, 0.15) is 18.8 Å². The molecule has 178 valence electrons. The van der Waals surface area contributed by atoms with Crippen LogP contribution in [0.1, 0.15) is 34.3 Å². The molecule has 5 N–H and O–H groups in total. The number of nitrogens with two attached hydrogens (primary N) is 1. The van der Waals surface area contributed by atoms with Gasteiger partial charge in [0, 0.05) is 23.7 Å². The lowest BCUT2D eigenvalue weighted by Crippen LogP contribution is -2.36. The zero-order chi connectivity index (χ0) is 24.5. The molecule has 1 aliphatic rings. The Bertz CT molecular complexity index is 1150. The van der Waals surface area contributed by atoms with Gasteiger partial charge in [0.05, 0.1) is 5.56 Å². The van der Waals surface area contributed by atoms with Gasteiger partial charge in [-0.2, -0.15) is 13.2 Å². The van der Waals surface area contributed by atoms with Gasteiger partial charge in [-0.3, -0.25) is 0 Å². The van der Waals surface area contributed by atoms with Crippen LogP contribution in [0, 0.1) is 0 Å². The first-order valence-electron chi connectivity index (χ1n) is 10.6. The van der Waals surface area contributed by atoms with Gasteiger partial charge < -0.3 is 26.0 Å². The number of nitrogens with one attached hydrogen (secondary N) is 1. The van der Waals surface area contributed by atoms with E-state index in [2.05, 4.69) is 5.32 Å². The van der Waals surface area contributed by atoms with Crippen molar-refractivity contribution in [3.8, 4) is 11.1 Å². The Morgan fingerprint density at radius 1 is 1.00 bits per heavy atom. The normalized spacial score (nSPS) is 14.7. The summed E-state index contributed by atoms with van der Waals surface area (Å²) >= 11 is 0. The molecule has 3 aromatic rings. The van der Waals surface area contributed by atoms with Crippen molar-refractivity contribution in [1.29, 1.82) is 0 Å². The molecule has 2 unspecified atom stereocenters. The summed E-state index contributed by atoms with van der Waals surface area (Å²) < 4.78 is 44.2. The van der Waals surface area contributed by atoms with Gasteiger partial charge in [-0.15, -0.1) is 0 Å². The van der Waals surface area contributed by atoms with Gasteiger partial charge in [0.25, 0.3) is 0 Å². The number of aliphatic hydroxyl groups excluding tert-OH is 2. The summed E-state index contributed by atoms with van der Waals surface area (Å²) in [4.78, 5) is 12.2. The third-order valence-corrected chi connectivity index (χ3v) is 5.90. The average molecular weight is 472 g/mol. The number of halogens is 3. The summed E-state index contributed by atoms with van der Waals surface area (Å²) in [6.07, 6.45) is -8.81. The van der Waals surface area contributed by atoms with E-state index >= 15 is 0 Å². The first-order valence-corrected chi connectivity index (χ1v) is 10.6. The molecule has 9 heteroatoms. The highest BCUT2D eigenvalue weighted by Crippen LogP contribution is 2.44. The molecule has 0 aromatic heterocycles. The van der Waals surface area contributed by atoms with E-state index in [0.717, 1.165) is 34.4 Å². The zero-order valence-electron chi connectivity index (χ0n) is 17.9. The number of hydrogen-bond acceptors (Lipinski definition) is 5. The number of ether oxygens (including phenoxy) is 1. The molecule has 6 nitrogen and oxygen atoms in total. The molecule has 1 aliphatic carbocycles. The first kappa shape index (κ1) is 23.6. The highest BCUT2D eigenvalue weighted by molar-refractivity contribution is 5.79. The summed E-state index contributed by atoms with van der Waals surface area (Å²) in [5.74, 6) is -0.154. The number of anilines is 1. The summed E-state index contributed by atoms with van der Waals surface area (Å²) in [5, 5.41) is 22.9. The van der Waals surface area contributed by atoms with Crippen LogP contribution in [0.4, 0.5) is 23.7 Å². The van der Waals surface area contributed by atoms with Crippen molar-refractivity contribution in [2.75, 3.05) is 18.9 Å². The Labute approximate surface area is 193 Å². The van der Waals surface area contributed by atoms with E-state index in [1.54, 1.807) is 0 Å². The van der Waals surface area contributed by atoms with Crippen molar-refractivity contribution >= 4 is 11.8 Å². The minimum absolute atomic E-state index is 0.0546. The van der Waals surface area contributed by atoms with Crippen molar-refractivity contribution in [3.05, 3.63) is 89.0 Å². The van der Waals surface area contributed by atoms with Crippen molar-refractivity contribution in [3.63, 3.8) is 0 Å². The second-order valence-corrected chi connectivity index (χ2v) is 8.06. The number of amides is 1. The van der Waals surface area contributed by atoms with Crippen LogP contribution in [-0.2, 0) is 10.9 Å². The fourth-order valence-corrected chi connectivity index (χ4v) is 4.16. The highest BCUT2D eigenvalue weighted by atomic mass is 19.4. The minimum atomic E-state index is -4.63. The molecular formula is C25H23F3N2O4. The summed E-state index contributed by atoms with van der Waals surface area (Å²) in [6.45, 7) is -0.396. The van der Waals surface area contributed by atoms with Crippen LogP contribution in [0.5, 0.6) is 0 Å². The molecule has 0 bridgehead atoms. The van der Waals surface area contributed by atoms with Crippen LogP contribution in [0.25, 0.3) is 11.1 Å². The molecule has 34 heavy (non-hydrogen) atoms. The maximum absolute atomic E-state index is 13.0. The van der Waals surface area contributed by atoms with Crippen LogP contribution in [-0.4, -0.2) is 35.6 Å². The molecule has 0 heterocycles. The third-order valence-electron chi connectivity index (χ3n) is 5.90. The van der Waals surface area contributed by atoms with E-state index in [9.17, 15) is 28.2 Å². The number of nitrogen functional groups attached to an aromatic ring is 1. The van der Waals surface area contributed by atoms with Crippen LogP contribution < -0.4 is 11.1 Å². The summed E-state index contributed by atoms with van der Waals surface area (Å²) in [6, 6.07) is 18.1.